The van der Waals surface area contributed by atoms with Crippen molar-refractivity contribution in [1.29, 1.82) is 0 Å². The summed E-state index contributed by atoms with van der Waals surface area (Å²) in [7, 11) is 0. The number of nitrogens with one attached hydrogen (secondary N) is 1. The van der Waals surface area contributed by atoms with Crippen LogP contribution in [-0.4, -0.2) is 24.2 Å². The fraction of sp³-hybridized carbons (Fsp3) is 0.538. The summed E-state index contributed by atoms with van der Waals surface area (Å²) in [4.78, 5) is 9.68. The van der Waals surface area contributed by atoms with Crippen molar-refractivity contribution in [1.82, 2.24) is 0 Å². The molecule has 1 aliphatic heterocycles. The van der Waals surface area contributed by atoms with Crippen LogP contribution in [-0.2, 0) is 4.74 Å². The van der Waals surface area contributed by atoms with Crippen molar-refractivity contribution in [3.63, 3.8) is 0 Å². The summed E-state index contributed by atoms with van der Waals surface area (Å²) in [5.41, 5.74) is -0.918. The Labute approximate surface area is 115 Å². The van der Waals surface area contributed by atoms with Gasteiger partial charge in [-0.15, -0.1) is 0 Å². The molecule has 1 aliphatic rings. The molecular weight excluding hydrogens is 270 g/mol. The molecule has 0 spiro atoms. The molecule has 2 unspecified atom stereocenters. The van der Waals surface area contributed by atoms with Gasteiger partial charge in [0.05, 0.1) is 23.2 Å². The number of halogens is 2. The number of benzene rings is 1. The van der Waals surface area contributed by atoms with E-state index in [9.17, 15) is 18.9 Å². The highest BCUT2D eigenvalue weighted by Gasteiger charge is 2.27. The molecular formula is C13H16F2N2O3. The zero-order chi connectivity index (χ0) is 14.7. The molecule has 5 nitrogen and oxygen atoms in total. The van der Waals surface area contributed by atoms with Gasteiger partial charge < -0.3 is 10.1 Å². The average molecular weight is 286 g/mol. The van der Waals surface area contributed by atoms with Crippen LogP contribution in [0.3, 0.4) is 0 Å². The van der Waals surface area contributed by atoms with E-state index in [2.05, 4.69) is 5.32 Å². The van der Waals surface area contributed by atoms with Crippen molar-refractivity contribution in [3.05, 3.63) is 33.9 Å². The number of non-ortho nitro benzene ring substituents is 1. The van der Waals surface area contributed by atoms with Crippen molar-refractivity contribution in [2.75, 3.05) is 18.5 Å². The molecule has 0 aromatic heterocycles. The molecule has 0 radical (unpaired) electrons. The Balaban J connectivity index is 2.08. The number of hydrogen-bond donors (Lipinski definition) is 1. The first-order chi connectivity index (χ1) is 9.52. The summed E-state index contributed by atoms with van der Waals surface area (Å²) in [6.45, 7) is 3.02. The number of nitro benzene ring substituents is 1. The van der Waals surface area contributed by atoms with Crippen LogP contribution in [0, 0.1) is 27.7 Å². The molecule has 0 bridgehead atoms. The Bertz CT molecular complexity index is 487. The first-order valence-corrected chi connectivity index (χ1v) is 6.51. The maximum atomic E-state index is 13.7. The molecule has 1 fully saturated rings. The standard InChI is InChI=1S/C13H16F2N2O3/c1-2-12-8(3-4-20-12)7-16-13-10(14)5-9(17(18)19)6-11(13)15/h5-6,8,12,16H,2-4,7H2,1H3. The Hall–Kier alpha value is -1.76. The highest BCUT2D eigenvalue weighted by molar-refractivity contribution is 5.51. The van der Waals surface area contributed by atoms with E-state index >= 15 is 0 Å². The zero-order valence-corrected chi connectivity index (χ0v) is 11.1. The van der Waals surface area contributed by atoms with Crippen molar-refractivity contribution >= 4 is 11.4 Å². The molecule has 2 atom stereocenters. The molecule has 0 aliphatic carbocycles. The van der Waals surface area contributed by atoms with Gasteiger partial charge in [-0.1, -0.05) is 6.92 Å². The van der Waals surface area contributed by atoms with Gasteiger partial charge in [0.1, 0.15) is 5.69 Å². The smallest absolute Gasteiger partial charge is 0.275 e. The minimum Gasteiger partial charge on any atom is -0.380 e. The molecule has 110 valence electrons. The zero-order valence-electron chi connectivity index (χ0n) is 11.1. The Morgan fingerprint density at radius 1 is 1.45 bits per heavy atom. The number of nitro groups is 1. The van der Waals surface area contributed by atoms with E-state index in [1.807, 2.05) is 6.92 Å². The molecule has 0 amide bonds. The maximum absolute atomic E-state index is 13.7. The third-order valence-electron chi connectivity index (χ3n) is 3.53. The van der Waals surface area contributed by atoms with Crippen LogP contribution in [0.1, 0.15) is 19.8 Å². The second kappa shape index (κ2) is 6.13. The lowest BCUT2D eigenvalue weighted by atomic mass is 9.99. The topological polar surface area (TPSA) is 64.4 Å². The lowest BCUT2D eigenvalue weighted by Crippen LogP contribution is -2.23. The molecule has 1 N–H and O–H groups in total. The van der Waals surface area contributed by atoms with E-state index in [-0.39, 0.29) is 17.7 Å². The van der Waals surface area contributed by atoms with Crippen molar-refractivity contribution in [3.8, 4) is 0 Å². The quantitative estimate of drug-likeness (QED) is 0.667. The van der Waals surface area contributed by atoms with Gasteiger partial charge in [0.25, 0.3) is 5.69 Å². The Morgan fingerprint density at radius 3 is 2.65 bits per heavy atom. The third kappa shape index (κ3) is 3.04. The van der Waals surface area contributed by atoms with Crippen LogP contribution in [0.5, 0.6) is 0 Å². The SMILES string of the molecule is CCC1OCCC1CNc1c(F)cc([N+](=O)[O-])cc1F. The van der Waals surface area contributed by atoms with E-state index in [1.165, 1.54) is 0 Å². The summed E-state index contributed by atoms with van der Waals surface area (Å²) >= 11 is 0. The summed E-state index contributed by atoms with van der Waals surface area (Å²) in [5.74, 6) is -1.72. The van der Waals surface area contributed by atoms with Gasteiger partial charge in [0.2, 0.25) is 0 Å². The number of nitrogens with zero attached hydrogens (tertiary/aromatic N) is 1. The number of ether oxygens (including phenoxy) is 1. The molecule has 2 rings (SSSR count). The van der Waals surface area contributed by atoms with Gasteiger partial charge in [0.15, 0.2) is 11.6 Å². The Morgan fingerprint density at radius 2 is 2.10 bits per heavy atom. The first kappa shape index (κ1) is 14.6. The first-order valence-electron chi connectivity index (χ1n) is 6.51. The van der Waals surface area contributed by atoms with Gasteiger partial charge in [-0.3, -0.25) is 10.1 Å². The van der Waals surface area contributed by atoms with Crippen LogP contribution in [0.2, 0.25) is 0 Å². The Kier molecular flexibility index (Phi) is 4.49. The third-order valence-corrected chi connectivity index (χ3v) is 3.53. The summed E-state index contributed by atoms with van der Waals surface area (Å²) in [6.07, 6.45) is 1.77. The molecule has 20 heavy (non-hydrogen) atoms. The van der Waals surface area contributed by atoms with Crippen LogP contribution in [0.4, 0.5) is 20.2 Å². The minimum absolute atomic E-state index is 0.0895. The highest BCUT2D eigenvalue weighted by Crippen LogP contribution is 2.27. The minimum atomic E-state index is -0.955. The lowest BCUT2D eigenvalue weighted by molar-refractivity contribution is -0.385. The van der Waals surface area contributed by atoms with Gasteiger partial charge >= 0.3 is 0 Å². The number of rotatable bonds is 5. The fourth-order valence-electron chi connectivity index (χ4n) is 2.44. The maximum Gasteiger partial charge on any atom is 0.275 e. The van der Waals surface area contributed by atoms with Crippen LogP contribution >= 0.6 is 0 Å². The second-order valence-corrected chi connectivity index (χ2v) is 4.79. The molecule has 1 heterocycles. The van der Waals surface area contributed by atoms with E-state index in [0.717, 1.165) is 12.8 Å². The molecule has 1 aromatic rings. The predicted molar refractivity (Wildman–Crippen MR) is 69.6 cm³/mol. The van der Waals surface area contributed by atoms with Crippen molar-refractivity contribution < 1.29 is 18.4 Å². The van der Waals surface area contributed by atoms with Crippen LogP contribution in [0.15, 0.2) is 12.1 Å². The summed E-state index contributed by atoms with van der Waals surface area (Å²) in [6, 6.07) is 1.43. The van der Waals surface area contributed by atoms with Gasteiger partial charge in [-0.2, -0.15) is 0 Å². The van der Waals surface area contributed by atoms with Crippen LogP contribution < -0.4 is 5.32 Å². The van der Waals surface area contributed by atoms with Crippen molar-refractivity contribution in [2.45, 2.75) is 25.9 Å². The number of hydrogen-bond acceptors (Lipinski definition) is 4. The van der Waals surface area contributed by atoms with Gasteiger partial charge in [0, 0.05) is 19.1 Å². The summed E-state index contributed by atoms with van der Waals surface area (Å²) in [5, 5.41) is 13.2. The van der Waals surface area contributed by atoms with E-state index in [1.54, 1.807) is 0 Å². The molecule has 7 heteroatoms. The molecule has 1 saturated heterocycles. The highest BCUT2D eigenvalue weighted by atomic mass is 19.1. The molecule has 0 saturated carbocycles. The lowest BCUT2D eigenvalue weighted by Gasteiger charge is -2.18. The largest absolute Gasteiger partial charge is 0.380 e. The van der Waals surface area contributed by atoms with E-state index in [0.29, 0.717) is 25.3 Å². The monoisotopic (exact) mass is 286 g/mol. The molecule has 1 aromatic carbocycles. The fourth-order valence-corrected chi connectivity index (χ4v) is 2.44. The van der Waals surface area contributed by atoms with Gasteiger partial charge in [-0.05, 0) is 12.8 Å². The van der Waals surface area contributed by atoms with Gasteiger partial charge in [-0.25, -0.2) is 8.78 Å². The van der Waals surface area contributed by atoms with E-state index < -0.39 is 22.2 Å². The normalized spacial score (nSPS) is 21.9. The average Bonchev–Trinajstić information content (AvgIpc) is 2.84. The number of anilines is 1. The van der Waals surface area contributed by atoms with E-state index in [4.69, 9.17) is 4.74 Å². The van der Waals surface area contributed by atoms with Crippen molar-refractivity contribution in [2.24, 2.45) is 5.92 Å². The second-order valence-electron chi connectivity index (χ2n) is 4.79. The summed E-state index contributed by atoms with van der Waals surface area (Å²) < 4.78 is 32.9. The predicted octanol–water partition coefficient (Wildman–Crippen LogP) is 3.10. The van der Waals surface area contributed by atoms with Crippen LogP contribution in [0.25, 0.3) is 0 Å².